The fraction of sp³-hybridized carbons (Fsp3) is 1.00. The number of rotatable bonds is 3. The van der Waals surface area contributed by atoms with Crippen LogP contribution in [0.15, 0.2) is 0 Å². The maximum Gasteiger partial charge on any atom is 1.00 e. The normalized spacial score (nSPS) is 39.2. The van der Waals surface area contributed by atoms with Crippen molar-refractivity contribution >= 4 is 6.98 Å². The molecular formula is C11H19BF3KO. The Balaban J connectivity index is 0.00000144. The Bertz CT molecular complexity index is 295. The van der Waals surface area contributed by atoms with E-state index in [0.29, 0.717) is 5.92 Å². The van der Waals surface area contributed by atoms with Crippen molar-refractivity contribution in [1.29, 1.82) is 0 Å². The summed E-state index contributed by atoms with van der Waals surface area (Å²) < 4.78 is 41.8. The van der Waals surface area contributed by atoms with E-state index in [2.05, 4.69) is 20.8 Å². The van der Waals surface area contributed by atoms with Crippen LogP contribution in [0.5, 0.6) is 0 Å². The fourth-order valence-corrected chi connectivity index (χ4v) is 3.61. The summed E-state index contributed by atoms with van der Waals surface area (Å²) in [4.78, 5) is 0. The van der Waals surface area contributed by atoms with Gasteiger partial charge >= 0.3 is 58.4 Å². The molecule has 0 aromatic carbocycles. The summed E-state index contributed by atoms with van der Waals surface area (Å²) in [5, 5.41) is 0. The van der Waals surface area contributed by atoms with Gasteiger partial charge in [0.15, 0.2) is 0 Å². The van der Waals surface area contributed by atoms with Gasteiger partial charge in [-0.2, -0.15) is 0 Å². The van der Waals surface area contributed by atoms with Crippen molar-refractivity contribution in [3.05, 3.63) is 0 Å². The first-order valence-electron chi connectivity index (χ1n) is 5.99. The molecule has 2 fully saturated rings. The summed E-state index contributed by atoms with van der Waals surface area (Å²) in [7, 11) is 0. The first-order chi connectivity index (χ1) is 7.17. The molecule has 2 bridgehead atoms. The van der Waals surface area contributed by atoms with Gasteiger partial charge in [0.2, 0.25) is 0 Å². The zero-order valence-corrected chi connectivity index (χ0v) is 14.2. The second-order valence-corrected chi connectivity index (χ2v) is 6.14. The fourth-order valence-electron chi connectivity index (χ4n) is 3.61. The third kappa shape index (κ3) is 2.82. The molecule has 3 unspecified atom stereocenters. The number of halogens is 3. The summed E-state index contributed by atoms with van der Waals surface area (Å²) in [6.07, 6.45) is 2.74. The zero-order valence-electron chi connectivity index (χ0n) is 11.1. The second kappa shape index (κ2) is 5.09. The van der Waals surface area contributed by atoms with Gasteiger partial charge in [-0.05, 0) is 36.0 Å². The predicted molar refractivity (Wildman–Crippen MR) is 58.0 cm³/mol. The maximum atomic E-state index is 12.2. The molecule has 0 spiro atoms. The molecule has 94 valence electrons. The minimum atomic E-state index is -4.81. The minimum absolute atomic E-state index is 0. The van der Waals surface area contributed by atoms with Crippen LogP contribution in [0.3, 0.4) is 0 Å². The summed E-state index contributed by atoms with van der Waals surface area (Å²) in [6.45, 7) is 0.587. The van der Waals surface area contributed by atoms with Crippen LogP contribution < -0.4 is 51.4 Å². The van der Waals surface area contributed by atoms with Crippen molar-refractivity contribution in [1.82, 2.24) is 0 Å². The molecule has 0 heterocycles. The number of hydrogen-bond donors (Lipinski definition) is 0. The molecule has 0 N–H and O–H groups in total. The van der Waals surface area contributed by atoms with Gasteiger partial charge < -0.3 is 17.7 Å². The Morgan fingerprint density at radius 3 is 2.18 bits per heavy atom. The van der Waals surface area contributed by atoms with Gasteiger partial charge in [-0.25, -0.2) is 0 Å². The van der Waals surface area contributed by atoms with Crippen LogP contribution in [0.25, 0.3) is 0 Å². The standard InChI is InChI=1S/C11H19BF3O.K/c1-10(2)8-4-5-11(10,3)9(6-8)16-7-12(13,14)15;/h8-9H,4-7H2,1-3H3;/q-1;+1. The Morgan fingerprint density at radius 2 is 1.82 bits per heavy atom. The monoisotopic (exact) mass is 274 g/mol. The number of hydrogen-bond acceptors (Lipinski definition) is 1. The quantitative estimate of drug-likeness (QED) is 0.685. The van der Waals surface area contributed by atoms with E-state index in [1.165, 1.54) is 0 Å². The van der Waals surface area contributed by atoms with E-state index in [4.69, 9.17) is 4.74 Å². The largest absolute Gasteiger partial charge is 1.00 e. The molecule has 0 aromatic rings. The molecule has 0 aromatic heterocycles. The van der Waals surface area contributed by atoms with Crippen LogP contribution in [0.4, 0.5) is 12.9 Å². The van der Waals surface area contributed by atoms with E-state index in [1.807, 2.05) is 0 Å². The molecule has 0 radical (unpaired) electrons. The predicted octanol–water partition coefficient (Wildman–Crippen LogP) is 0.608. The molecule has 0 amide bonds. The number of ether oxygens (including phenoxy) is 1. The van der Waals surface area contributed by atoms with Crippen LogP contribution in [0.2, 0.25) is 0 Å². The third-order valence-electron chi connectivity index (χ3n) is 5.20. The molecule has 2 aliphatic rings. The minimum Gasteiger partial charge on any atom is -0.447 e. The first kappa shape index (κ1) is 16.5. The van der Waals surface area contributed by atoms with Crippen LogP contribution >= 0.6 is 0 Å². The van der Waals surface area contributed by atoms with Crippen molar-refractivity contribution in [2.75, 3.05) is 6.51 Å². The van der Waals surface area contributed by atoms with Crippen molar-refractivity contribution in [3.63, 3.8) is 0 Å². The van der Waals surface area contributed by atoms with E-state index in [-0.39, 0.29) is 68.3 Å². The van der Waals surface area contributed by atoms with Crippen molar-refractivity contribution in [3.8, 4) is 0 Å². The van der Waals surface area contributed by atoms with Gasteiger partial charge in [-0.15, -0.1) is 0 Å². The van der Waals surface area contributed by atoms with Crippen LogP contribution in [-0.2, 0) is 4.74 Å². The molecule has 6 heteroatoms. The van der Waals surface area contributed by atoms with Gasteiger partial charge in [0.1, 0.15) is 0 Å². The van der Waals surface area contributed by atoms with Crippen LogP contribution in [0, 0.1) is 16.7 Å². The van der Waals surface area contributed by atoms with Crippen LogP contribution in [-0.4, -0.2) is 19.6 Å². The topological polar surface area (TPSA) is 9.23 Å². The number of fused-ring (bicyclic) bond motifs is 2. The van der Waals surface area contributed by atoms with Gasteiger partial charge in [0, 0.05) is 6.51 Å². The molecule has 2 saturated carbocycles. The van der Waals surface area contributed by atoms with E-state index >= 15 is 0 Å². The van der Waals surface area contributed by atoms with E-state index < -0.39 is 13.5 Å². The third-order valence-corrected chi connectivity index (χ3v) is 5.20. The Hall–Kier alpha value is 1.45. The van der Waals surface area contributed by atoms with Gasteiger partial charge in [0.25, 0.3) is 0 Å². The zero-order chi connectivity index (χ0) is 12.2. The van der Waals surface area contributed by atoms with E-state index in [9.17, 15) is 12.9 Å². The summed E-state index contributed by atoms with van der Waals surface area (Å²) >= 11 is 0. The Morgan fingerprint density at radius 1 is 1.24 bits per heavy atom. The van der Waals surface area contributed by atoms with Crippen molar-refractivity contribution in [2.24, 2.45) is 16.7 Å². The van der Waals surface area contributed by atoms with Crippen LogP contribution in [0.1, 0.15) is 40.0 Å². The summed E-state index contributed by atoms with van der Waals surface area (Å²) in [6, 6.07) is 0. The molecule has 17 heavy (non-hydrogen) atoms. The Labute approximate surface area is 144 Å². The molecule has 0 saturated heterocycles. The first-order valence-corrected chi connectivity index (χ1v) is 5.99. The second-order valence-electron chi connectivity index (χ2n) is 6.14. The van der Waals surface area contributed by atoms with Gasteiger partial charge in [-0.1, -0.05) is 20.8 Å². The molecular weight excluding hydrogens is 255 g/mol. The molecule has 0 aliphatic heterocycles. The smallest absolute Gasteiger partial charge is 0.447 e. The summed E-state index contributed by atoms with van der Waals surface area (Å²) in [5.41, 5.74) is 0.0509. The SMILES string of the molecule is CC1(C)C2CCC1(C)C(OC[B-](F)(F)F)C2.[K+]. The molecule has 2 rings (SSSR count). The van der Waals surface area contributed by atoms with Crippen molar-refractivity contribution < 1.29 is 69.1 Å². The Kier molecular flexibility index (Phi) is 4.95. The maximum absolute atomic E-state index is 12.2. The molecule has 2 aliphatic carbocycles. The van der Waals surface area contributed by atoms with Gasteiger partial charge in [0.05, 0.1) is 6.10 Å². The van der Waals surface area contributed by atoms with Gasteiger partial charge in [-0.3, -0.25) is 0 Å². The average Bonchev–Trinajstić information content (AvgIpc) is 2.45. The summed E-state index contributed by atoms with van der Waals surface area (Å²) in [5.74, 6) is 0.531. The van der Waals surface area contributed by atoms with E-state index in [0.717, 1.165) is 19.3 Å². The van der Waals surface area contributed by atoms with E-state index in [1.54, 1.807) is 0 Å². The van der Waals surface area contributed by atoms with Crippen molar-refractivity contribution in [2.45, 2.75) is 46.1 Å². The average molecular weight is 274 g/mol. The molecule has 1 nitrogen and oxygen atoms in total. The molecule has 3 atom stereocenters.